The lowest BCUT2D eigenvalue weighted by molar-refractivity contribution is -0.146. The summed E-state index contributed by atoms with van der Waals surface area (Å²) < 4.78 is 42.6. The highest BCUT2D eigenvalue weighted by Gasteiger charge is 2.25. The smallest absolute Gasteiger partial charge is 0.323 e. The lowest BCUT2D eigenvalue weighted by Gasteiger charge is -2.28. The Kier molecular flexibility index (Phi) is 13.8. The number of rotatable bonds is 18. The van der Waals surface area contributed by atoms with E-state index in [9.17, 15) is 13.2 Å². The van der Waals surface area contributed by atoms with Gasteiger partial charge in [-0.2, -0.15) is 0 Å². The summed E-state index contributed by atoms with van der Waals surface area (Å²) in [5, 5.41) is 0. The molecule has 0 aliphatic carbocycles. The van der Waals surface area contributed by atoms with Gasteiger partial charge in [-0.1, -0.05) is 85.0 Å². The quantitative estimate of drug-likeness (QED) is 0.0874. The normalized spacial score (nSPS) is 12.4. The first-order valence-corrected chi connectivity index (χ1v) is 17.4. The number of para-hydroxylation sites is 2. The maximum absolute atomic E-state index is 13.0. The third kappa shape index (κ3) is 12.9. The highest BCUT2D eigenvalue weighted by Crippen LogP contribution is 2.24. The van der Waals surface area contributed by atoms with Crippen molar-refractivity contribution in [2.24, 2.45) is 0 Å². The average molecular weight is 655 g/mol. The van der Waals surface area contributed by atoms with Gasteiger partial charge in [0.25, 0.3) is 0 Å². The minimum atomic E-state index is -3.27. The lowest BCUT2D eigenvalue weighted by atomic mass is 10.1. The third-order valence-corrected chi connectivity index (χ3v) is 7.89. The lowest BCUT2D eigenvalue weighted by Crippen LogP contribution is -2.42. The van der Waals surface area contributed by atoms with Gasteiger partial charge in [-0.25, -0.2) is 13.1 Å². The average Bonchev–Trinajstić information content (AvgIpc) is 3.06. The summed E-state index contributed by atoms with van der Waals surface area (Å²) >= 11 is 0. The molecule has 0 aromatic heterocycles. The standard InChI is InChI=1S/C38H42N2O6S/c1-44-38(41)37(25-9-10-26-39-47(2,42)43)40(27-13-17-31-15-11-23-35(29-31)45-33-19-5-3-6-20-33)28-14-18-32-16-12-24-36(30-32)46-34-21-7-4-8-22-34/h3-8,11-24,29-30,37,39H,9-10,25-28H2,1-2H3/b17-13+,18-14+/t37-/m0/s1. The van der Waals surface area contributed by atoms with Crippen LogP contribution in [0, 0.1) is 0 Å². The summed E-state index contributed by atoms with van der Waals surface area (Å²) in [5.74, 6) is 2.64. The molecule has 47 heavy (non-hydrogen) atoms. The van der Waals surface area contributed by atoms with Gasteiger partial charge < -0.3 is 14.2 Å². The number of unbranched alkanes of at least 4 members (excludes halogenated alkanes) is 1. The fourth-order valence-electron chi connectivity index (χ4n) is 4.90. The zero-order chi connectivity index (χ0) is 33.3. The Morgan fingerprint density at radius 2 is 1.21 bits per heavy atom. The molecular formula is C38H42N2O6S. The van der Waals surface area contributed by atoms with Crippen molar-refractivity contribution in [1.29, 1.82) is 0 Å². The first-order valence-electron chi connectivity index (χ1n) is 15.5. The topological polar surface area (TPSA) is 94.2 Å². The van der Waals surface area contributed by atoms with Crippen molar-refractivity contribution in [3.05, 3.63) is 132 Å². The van der Waals surface area contributed by atoms with Crippen molar-refractivity contribution in [3.8, 4) is 23.0 Å². The van der Waals surface area contributed by atoms with Crippen LogP contribution in [-0.2, 0) is 19.6 Å². The molecule has 0 aliphatic rings. The Labute approximate surface area is 278 Å². The van der Waals surface area contributed by atoms with Crippen molar-refractivity contribution in [2.45, 2.75) is 25.3 Å². The second-order valence-corrected chi connectivity index (χ2v) is 12.8. The highest BCUT2D eigenvalue weighted by molar-refractivity contribution is 7.88. The van der Waals surface area contributed by atoms with E-state index in [-0.39, 0.29) is 5.97 Å². The molecule has 0 spiro atoms. The van der Waals surface area contributed by atoms with Crippen LogP contribution < -0.4 is 14.2 Å². The Balaban J connectivity index is 1.47. The first kappa shape index (κ1) is 35.2. The number of esters is 1. The van der Waals surface area contributed by atoms with E-state index in [4.69, 9.17) is 14.2 Å². The molecule has 0 bridgehead atoms. The maximum atomic E-state index is 13.0. The van der Waals surface area contributed by atoms with Gasteiger partial charge in [-0.3, -0.25) is 9.69 Å². The predicted octanol–water partition coefficient (Wildman–Crippen LogP) is 7.56. The second kappa shape index (κ2) is 18.4. The van der Waals surface area contributed by atoms with Crippen LogP contribution in [0.5, 0.6) is 23.0 Å². The summed E-state index contributed by atoms with van der Waals surface area (Å²) in [7, 11) is -1.88. The Morgan fingerprint density at radius 3 is 1.68 bits per heavy atom. The van der Waals surface area contributed by atoms with Gasteiger partial charge in [-0.05, 0) is 78.9 Å². The number of sulfonamides is 1. The summed E-state index contributed by atoms with van der Waals surface area (Å²) in [6, 6.07) is 34.3. The number of methoxy groups -OCH3 is 1. The van der Waals surface area contributed by atoms with Gasteiger partial charge in [0.2, 0.25) is 10.0 Å². The molecular weight excluding hydrogens is 612 g/mol. The van der Waals surface area contributed by atoms with Gasteiger partial charge in [0.15, 0.2) is 0 Å². The van der Waals surface area contributed by atoms with E-state index in [0.717, 1.165) is 40.4 Å². The van der Waals surface area contributed by atoms with Crippen molar-refractivity contribution in [2.75, 3.05) is 33.0 Å². The number of hydrogen-bond donors (Lipinski definition) is 1. The summed E-state index contributed by atoms with van der Waals surface area (Å²) in [6.07, 6.45) is 10.9. The zero-order valence-electron chi connectivity index (χ0n) is 26.8. The van der Waals surface area contributed by atoms with Gasteiger partial charge >= 0.3 is 5.97 Å². The van der Waals surface area contributed by atoms with Crippen molar-refractivity contribution in [1.82, 2.24) is 9.62 Å². The molecule has 4 rings (SSSR count). The van der Waals surface area contributed by atoms with Gasteiger partial charge in [0.1, 0.15) is 29.0 Å². The van der Waals surface area contributed by atoms with Crippen molar-refractivity contribution < 1.29 is 27.4 Å². The highest BCUT2D eigenvalue weighted by atomic mass is 32.2. The number of benzene rings is 4. The second-order valence-electron chi connectivity index (χ2n) is 10.9. The molecule has 0 aliphatic heterocycles. The number of carbonyl (C=O) groups is 1. The minimum absolute atomic E-state index is 0.315. The number of hydrogen-bond acceptors (Lipinski definition) is 7. The van der Waals surface area contributed by atoms with Gasteiger partial charge in [0, 0.05) is 19.6 Å². The molecule has 4 aromatic carbocycles. The molecule has 1 N–H and O–H groups in total. The molecule has 0 saturated heterocycles. The number of carbonyl (C=O) groups excluding carboxylic acids is 1. The fourth-order valence-corrected chi connectivity index (χ4v) is 5.41. The number of nitrogens with zero attached hydrogens (tertiary/aromatic N) is 1. The van der Waals surface area contributed by atoms with Crippen LogP contribution in [0.15, 0.2) is 121 Å². The number of nitrogens with one attached hydrogen (secondary N) is 1. The predicted molar refractivity (Wildman–Crippen MR) is 188 cm³/mol. The Bertz CT molecular complexity index is 1610. The molecule has 9 heteroatoms. The van der Waals surface area contributed by atoms with Crippen LogP contribution in [0.3, 0.4) is 0 Å². The van der Waals surface area contributed by atoms with E-state index >= 15 is 0 Å². The maximum Gasteiger partial charge on any atom is 0.323 e. The largest absolute Gasteiger partial charge is 0.468 e. The van der Waals surface area contributed by atoms with Crippen LogP contribution in [0.1, 0.15) is 30.4 Å². The van der Waals surface area contributed by atoms with E-state index in [1.165, 1.54) is 7.11 Å². The molecule has 0 fully saturated rings. The SMILES string of the molecule is COC(=O)[C@H](CCCCNS(C)(=O)=O)N(C/C=C/c1cccc(Oc2ccccc2)c1)C/C=C/c1cccc(Oc2ccccc2)c1. The van der Waals surface area contributed by atoms with Crippen LogP contribution in [0.25, 0.3) is 12.2 Å². The molecule has 246 valence electrons. The summed E-state index contributed by atoms with van der Waals surface area (Å²) in [5.41, 5.74) is 1.93. The molecule has 4 aromatic rings. The van der Waals surface area contributed by atoms with Crippen molar-refractivity contribution >= 4 is 28.1 Å². The van der Waals surface area contributed by atoms with Crippen LogP contribution in [0.2, 0.25) is 0 Å². The third-order valence-electron chi connectivity index (χ3n) is 7.16. The van der Waals surface area contributed by atoms with E-state index in [0.29, 0.717) is 38.9 Å². The first-order chi connectivity index (χ1) is 22.8. The van der Waals surface area contributed by atoms with E-state index in [2.05, 4.69) is 9.62 Å². The van der Waals surface area contributed by atoms with Crippen LogP contribution in [0.4, 0.5) is 0 Å². The zero-order valence-corrected chi connectivity index (χ0v) is 27.6. The van der Waals surface area contributed by atoms with E-state index in [1.54, 1.807) is 0 Å². The van der Waals surface area contributed by atoms with Crippen LogP contribution in [-0.4, -0.2) is 58.3 Å². The molecule has 8 nitrogen and oxygen atoms in total. The Hall–Kier alpha value is -4.70. The summed E-state index contributed by atoms with van der Waals surface area (Å²) in [4.78, 5) is 15.1. The molecule has 0 saturated carbocycles. The van der Waals surface area contributed by atoms with E-state index in [1.807, 2.05) is 133 Å². The summed E-state index contributed by atoms with van der Waals surface area (Å²) in [6.45, 7) is 1.27. The molecule has 0 radical (unpaired) electrons. The van der Waals surface area contributed by atoms with E-state index < -0.39 is 16.1 Å². The Morgan fingerprint density at radius 1 is 0.723 bits per heavy atom. The monoisotopic (exact) mass is 654 g/mol. The molecule has 1 atom stereocenters. The van der Waals surface area contributed by atoms with Crippen LogP contribution >= 0.6 is 0 Å². The fraction of sp³-hybridized carbons (Fsp3) is 0.237. The van der Waals surface area contributed by atoms with Gasteiger partial charge in [-0.15, -0.1) is 0 Å². The van der Waals surface area contributed by atoms with Gasteiger partial charge in [0.05, 0.1) is 13.4 Å². The molecule has 0 unspecified atom stereocenters. The minimum Gasteiger partial charge on any atom is -0.468 e. The van der Waals surface area contributed by atoms with Crippen molar-refractivity contribution in [3.63, 3.8) is 0 Å². The number of ether oxygens (including phenoxy) is 3. The molecule has 0 amide bonds. The molecule has 0 heterocycles.